The zero-order chi connectivity index (χ0) is 14.9. The Morgan fingerprint density at radius 1 is 1.30 bits per heavy atom. The fourth-order valence-electron chi connectivity index (χ4n) is 2.53. The Morgan fingerprint density at radius 2 is 2.00 bits per heavy atom. The van der Waals surface area contributed by atoms with Crippen LogP contribution >= 0.6 is 11.6 Å². The third-order valence-electron chi connectivity index (χ3n) is 4.15. The second kappa shape index (κ2) is 6.04. The van der Waals surface area contributed by atoms with E-state index in [-0.39, 0.29) is 5.38 Å². The number of aromatic nitrogens is 2. The van der Waals surface area contributed by atoms with E-state index >= 15 is 0 Å². The summed E-state index contributed by atoms with van der Waals surface area (Å²) in [6, 6.07) is 6.39. The van der Waals surface area contributed by atoms with Gasteiger partial charge in [-0.1, -0.05) is 20.3 Å². The lowest BCUT2D eigenvalue weighted by molar-refractivity contribution is 0.368. The molecule has 0 spiro atoms. The second-order valence-corrected chi connectivity index (χ2v) is 6.09. The van der Waals surface area contributed by atoms with Gasteiger partial charge in [-0.15, -0.1) is 11.6 Å². The number of rotatable bonds is 5. The Morgan fingerprint density at radius 3 is 2.55 bits per heavy atom. The van der Waals surface area contributed by atoms with Crippen molar-refractivity contribution in [3.63, 3.8) is 0 Å². The lowest BCUT2D eigenvalue weighted by Gasteiger charge is -2.23. The third kappa shape index (κ3) is 2.64. The fourth-order valence-corrected chi connectivity index (χ4v) is 2.68. The van der Waals surface area contributed by atoms with Crippen LogP contribution in [0, 0.1) is 5.92 Å². The maximum Gasteiger partial charge on any atom is 0.127 e. The van der Waals surface area contributed by atoms with E-state index in [2.05, 4.69) is 31.4 Å². The van der Waals surface area contributed by atoms with E-state index in [1.54, 1.807) is 7.11 Å². The average Bonchev–Trinajstić information content (AvgIpc) is 2.83. The van der Waals surface area contributed by atoms with Gasteiger partial charge in [0.15, 0.2) is 0 Å². The molecule has 1 heterocycles. The molecule has 20 heavy (non-hydrogen) atoms. The summed E-state index contributed by atoms with van der Waals surface area (Å²) in [5.41, 5.74) is 2.07. The Labute approximate surface area is 125 Å². The van der Waals surface area contributed by atoms with E-state index in [1.807, 2.05) is 19.1 Å². The first kappa shape index (κ1) is 15.2. The predicted octanol–water partition coefficient (Wildman–Crippen LogP) is 4.95. The van der Waals surface area contributed by atoms with E-state index in [4.69, 9.17) is 21.3 Å². The summed E-state index contributed by atoms with van der Waals surface area (Å²) >= 11 is 6.33. The number of imidazole rings is 1. The summed E-state index contributed by atoms with van der Waals surface area (Å²) in [5.74, 6) is 2.33. The molecule has 0 aliphatic carbocycles. The smallest absolute Gasteiger partial charge is 0.127 e. The highest BCUT2D eigenvalue weighted by Gasteiger charge is 2.22. The first-order valence-electron chi connectivity index (χ1n) is 7.19. The molecule has 0 amide bonds. The lowest BCUT2D eigenvalue weighted by Crippen LogP contribution is -2.16. The molecule has 4 heteroatoms. The lowest BCUT2D eigenvalue weighted by atomic mass is 10.0. The molecule has 0 saturated heterocycles. The minimum Gasteiger partial charge on any atom is -0.497 e. The quantitative estimate of drug-likeness (QED) is 0.729. The largest absolute Gasteiger partial charge is 0.497 e. The van der Waals surface area contributed by atoms with Gasteiger partial charge in [0, 0.05) is 12.1 Å². The minimum atomic E-state index is -0.111. The molecular weight excluding hydrogens is 272 g/mol. The molecule has 1 aromatic carbocycles. The van der Waals surface area contributed by atoms with Crippen LogP contribution in [0.1, 0.15) is 51.4 Å². The zero-order valence-electron chi connectivity index (χ0n) is 12.9. The topological polar surface area (TPSA) is 27.1 Å². The molecule has 3 atom stereocenters. The van der Waals surface area contributed by atoms with Crippen molar-refractivity contribution in [1.82, 2.24) is 9.55 Å². The number of benzene rings is 1. The van der Waals surface area contributed by atoms with Crippen molar-refractivity contribution in [2.75, 3.05) is 7.11 Å². The van der Waals surface area contributed by atoms with Gasteiger partial charge in [-0.3, -0.25) is 0 Å². The summed E-state index contributed by atoms with van der Waals surface area (Å²) in [4.78, 5) is 4.71. The van der Waals surface area contributed by atoms with Crippen molar-refractivity contribution in [2.45, 2.75) is 45.5 Å². The number of hydrogen-bond acceptors (Lipinski definition) is 2. The Bertz CT molecular complexity index is 591. The van der Waals surface area contributed by atoms with Crippen LogP contribution in [0.15, 0.2) is 18.2 Å². The summed E-state index contributed by atoms with van der Waals surface area (Å²) in [6.07, 6.45) is 1.13. The van der Waals surface area contributed by atoms with E-state index in [0.29, 0.717) is 12.0 Å². The monoisotopic (exact) mass is 294 g/mol. The number of halogens is 1. The molecule has 0 aliphatic heterocycles. The first-order chi connectivity index (χ1) is 9.49. The first-order valence-corrected chi connectivity index (χ1v) is 7.63. The molecule has 3 unspecified atom stereocenters. The normalized spacial score (nSPS) is 16.1. The molecule has 0 bridgehead atoms. The minimum absolute atomic E-state index is 0.111. The summed E-state index contributed by atoms with van der Waals surface area (Å²) in [5, 5.41) is -0.111. The number of nitrogens with zero attached hydrogens (tertiary/aromatic N) is 2. The van der Waals surface area contributed by atoms with Crippen molar-refractivity contribution in [3.05, 3.63) is 24.0 Å². The third-order valence-corrected chi connectivity index (χ3v) is 4.35. The van der Waals surface area contributed by atoms with Gasteiger partial charge < -0.3 is 9.30 Å². The Hall–Kier alpha value is -1.22. The molecular formula is C16H23ClN2O. The predicted molar refractivity (Wildman–Crippen MR) is 84.7 cm³/mol. The van der Waals surface area contributed by atoms with Crippen LogP contribution in [0.5, 0.6) is 5.75 Å². The molecule has 1 aromatic heterocycles. The van der Waals surface area contributed by atoms with Crippen LogP contribution in [0.2, 0.25) is 0 Å². The molecule has 0 fully saturated rings. The Balaban J connectivity index is 2.63. The maximum atomic E-state index is 6.33. The number of fused-ring (bicyclic) bond motifs is 1. The van der Waals surface area contributed by atoms with Crippen LogP contribution in [0.3, 0.4) is 0 Å². The van der Waals surface area contributed by atoms with Crippen molar-refractivity contribution < 1.29 is 4.74 Å². The SMILES string of the molecule is CCC(C)C(C)n1c(C(C)Cl)nc2cc(OC)ccc21. The standard InChI is InChI=1S/C16H23ClN2O/c1-6-10(2)12(4)19-15-8-7-13(20-5)9-14(15)18-16(19)11(3)17/h7-12H,6H2,1-5H3. The number of methoxy groups -OCH3 is 1. The molecule has 2 rings (SSSR count). The van der Waals surface area contributed by atoms with Crippen LogP contribution < -0.4 is 4.74 Å². The van der Waals surface area contributed by atoms with Crippen LogP contribution in [-0.2, 0) is 0 Å². The highest BCUT2D eigenvalue weighted by atomic mass is 35.5. The molecule has 0 saturated carbocycles. The molecule has 2 aromatic rings. The summed E-state index contributed by atoms with van der Waals surface area (Å²) in [6.45, 7) is 8.69. The molecule has 0 aliphatic rings. The second-order valence-electron chi connectivity index (χ2n) is 5.44. The van der Waals surface area contributed by atoms with E-state index in [0.717, 1.165) is 29.0 Å². The van der Waals surface area contributed by atoms with Gasteiger partial charge in [-0.2, -0.15) is 0 Å². The van der Waals surface area contributed by atoms with Crippen molar-refractivity contribution in [1.29, 1.82) is 0 Å². The Kier molecular flexibility index (Phi) is 4.59. The van der Waals surface area contributed by atoms with Gasteiger partial charge in [0.1, 0.15) is 11.6 Å². The van der Waals surface area contributed by atoms with Gasteiger partial charge in [-0.25, -0.2) is 4.98 Å². The number of alkyl halides is 1. The van der Waals surface area contributed by atoms with Gasteiger partial charge >= 0.3 is 0 Å². The van der Waals surface area contributed by atoms with Gasteiger partial charge in [-0.05, 0) is 31.9 Å². The van der Waals surface area contributed by atoms with E-state index < -0.39 is 0 Å². The van der Waals surface area contributed by atoms with Gasteiger partial charge in [0.05, 0.1) is 23.5 Å². The number of ether oxygens (including phenoxy) is 1. The van der Waals surface area contributed by atoms with Crippen molar-refractivity contribution >= 4 is 22.6 Å². The maximum absolute atomic E-state index is 6.33. The summed E-state index contributed by atoms with van der Waals surface area (Å²) < 4.78 is 7.56. The summed E-state index contributed by atoms with van der Waals surface area (Å²) in [7, 11) is 1.67. The fraction of sp³-hybridized carbons (Fsp3) is 0.562. The number of hydrogen-bond donors (Lipinski definition) is 0. The molecule has 0 radical (unpaired) electrons. The molecule has 0 N–H and O–H groups in total. The average molecular weight is 295 g/mol. The molecule has 110 valence electrons. The van der Waals surface area contributed by atoms with Gasteiger partial charge in [0.25, 0.3) is 0 Å². The van der Waals surface area contributed by atoms with E-state index in [9.17, 15) is 0 Å². The van der Waals surface area contributed by atoms with Gasteiger partial charge in [0.2, 0.25) is 0 Å². The van der Waals surface area contributed by atoms with E-state index in [1.165, 1.54) is 0 Å². The van der Waals surface area contributed by atoms with Crippen LogP contribution in [0.4, 0.5) is 0 Å². The molecule has 3 nitrogen and oxygen atoms in total. The van der Waals surface area contributed by atoms with Crippen molar-refractivity contribution in [2.24, 2.45) is 5.92 Å². The zero-order valence-corrected chi connectivity index (χ0v) is 13.6. The van der Waals surface area contributed by atoms with Crippen LogP contribution in [-0.4, -0.2) is 16.7 Å². The highest BCUT2D eigenvalue weighted by Crippen LogP contribution is 2.33. The van der Waals surface area contributed by atoms with Crippen molar-refractivity contribution in [3.8, 4) is 5.75 Å². The highest BCUT2D eigenvalue weighted by molar-refractivity contribution is 6.20. The van der Waals surface area contributed by atoms with Crippen LogP contribution in [0.25, 0.3) is 11.0 Å².